The van der Waals surface area contributed by atoms with E-state index >= 15 is 0 Å². The molecule has 0 spiro atoms. The SMILES string of the molecule is Cc1ccc(C(=O)c2ccccc2C(=O)OCC(=O)N[C@](C)(C#N)C(C)C)cc1. The number of nitriles is 1. The number of hydrogen-bond donors (Lipinski definition) is 1. The lowest BCUT2D eigenvalue weighted by Crippen LogP contribution is -2.50. The smallest absolute Gasteiger partial charge is 0.339 e. The number of ether oxygens (including phenoxy) is 1. The van der Waals surface area contributed by atoms with Gasteiger partial charge in [0, 0.05) is 11.1 Å². The third-order valence-electron chi connectivity index (χ3n) is 4.83. The highest BCUT2D eigenvalue weighted by atomic mass is 16.5. The number of amides is 1. The maximum atomic E-state index is 12.8. The Hall–Kier alpha value is -3.46. The van der Waals surface area contributed by atoms with Crippen LogP contribution in [0.1, 0.15) is 52.6 Å². The molecule has 1 atom stereocenters. The first kappa shape index (κ1) is 21.8. The average molecular weight is 392 g/mol. The number of carbonyl (C=O) groups is 3. The van der Waals surface area contributed by atoms with Gasteiger partial charge in [0.2, 0.25) is 0 Å². The van der Waals surface area contributed by atoms with Crippen LogP contribution in [0.3, 0.4) is 0 Å². The molecule has 0 aliphatic heterocycles. The predicted molar refractivity (Wildman–Crippen MR) is 108 cm³/mol. The first-order chi connectivity index (χ1) is 13.7. The first-order valence-electron chi connectivity index (χ1n) is 9.27. The summed E-state index contributed by atoms with van der Waals surface area (Å²) in [6.07, 6.45) is 0. The van der Waals surface area contributed by atoms with Gasteiger partial charge in [-0.1, -0.05) is 61.9 Å². The Morgan fingerprint density at radius 2 is 1.66 bits per heavy atom. The van der Waals surface area contributed by atoms with E-state index in [1.165, 1.54) is 6.07 Å². The van der Waals surface area contributed by atoms with Gasteiger partial charge in [-0.05, 0) is 25.8 Å². The summed E-state index contributed by atoms with van der Waals surface area (Å²) in [6, 6.07) is 15.4. The monoisotopic (exact) mass is 392 g/mol. The Labute approximate surface area is 170 Å². The highest BCUT2D eigenvalue weighted by molar-refractivity contribution is 6.14. The summed E-state index contributed by atoms with van der Waals surface area (Å²) < 4.78 is 5.09. The van der Waals surface area contributed by atoms with Crippen molar-refractivity contribution in [3.8, 4) is 6.07 Å². The minimum absolute atomic E-state index is 0.0813. The molecule has 0 saturated carbocycles. The molecule has 2 rings (SSSR count). The zero-order valence-corrected chi connectivity index (χ0v) is 17.0. The van der Waals surface area contributed by atoms with Crippen LogP contribution in [0.25, 0.3) is 0 Å². The van der Waals surface area contributed by atoms with Gasteiger partial charge < -0.3 is 10.1 Å². The molecule has 0 fully saturated rings. The highest BCUT2D eigenvalue weighted by Crippen LogP contribution is 2.17. The molecule has 1 amide bonds. The van der Waals surface area contributed by atoms with E-state index in [0.717, 1.165) is 5.56 Å². The van der Waals surface area contributed by atoms with Crippen LogP contribution in [0.4, 0.5) is 0 Å². The Kier molecular flexibility index (Phi) is 6.89. The highest BCUT2D eigenvalue weighted by Gasteiger charge is 2.30. The number of ketones is 1. The molecular weight excluding hydrogens is 368 g/mol. The molecule has 0 heterocycles. The lowest BCUT2D eigenvalue weighted by atomic mass is 9.90. The summed E-state index contributed by atoms with van der Waals surface area (Å²) in [5, 5.41) is 11.8. The number of esters is 1. The molecule has 2 aromatic rings. The minimum atomic E-state index is -1.07. The van der Waals surface area contributed by atoms with Gasteiger partial charge in [-0.25, -0.2) is 4.79 Å². The van der Waals surface area contributed by atoms with Gasteiger partial charge in [-0.3, -0.25) is 9.59 Å². The fourth-order valence-electron chi connectivity index (χ4n) is 2.56. The van der Waals surface area contributed by atoms with Crippen molar-refractivity contribution in [2.75, 3.05) is 6.61 Å². The summed E-state index contributed by atoms with van der Waals surface area (Å²) in [7, 11) is 0. The third kappa shape index (κ3) is 5.29. The van der Waals surface area contributed by atoms with Crippen molar-refractivity contribution in [2.24, 2.45) is 5.92 Å². The fraction of sp³-hybridized carbons (Fsp3) is 0.304. The third-order valence-corrected chi connectivity index (χ3v) is 4.83. The second-order valence-corrected chi connectivity index (χ2v) is 7.33. The minimum Gasteiger partial charge on any atom is -0.452 e. The second-order valence-electron chi connectivity index (χ2n) is 7.33. The molecule has 2 aromatic carbocycles. The van der Waals surface area contributed by atoms with Crippen LogP contribution in [0, 0.1) is 24.2 Å². The number of carbonyl (C=O) groups excluding carboxylic acids is 3. The van der Waals surface area contributed by atoms with Crippen molar-refractivity contribution < 1.29 is 19.1 Å². The number of benzene rings is 2. The van der Waals surface area contributed by atoms with Gasteiger partial charge >= 0.3 is 5.97 Å². The van der Waals surface area contributed by atoms with Crippen molar-refractivity contribution in [3.05, 3.63) is 70.8 Å². The van der Waals surface area contributed by atoms with Crippen LogP contribution in [-0.2, 0) is 9.53 Å². The van der Waals surface area contributed by atoms with Crippen molar-refractivity contribution in [1.82, 2.24) is 5.32 Å². The number of nitrogens with zero attached hydrogens (tertiary/aromatic N) is 1. The largest absolute Gasteiger partial charge is 0.452 e. The van der Waals surface area contributed by atoms with Crippen LogP contribution in [0.15, 0.2) is 48.5 Å². The average Bonchev–Trinajstić information content (AvgIpc) is 2.71. The fourth-order valence-corrected chi connectivity index (χ4v) is 2.56. The van der Waals surface area contributed by atoms with Gasteiger partial charge in [0.25, 0.3) is 5.91 Å². The van der Waals surface area contributed by atoms with E-state index in [-0.39, 0.29) is 22.8 Å². The number of nitrogens with one attached hydrogen (secondary N) is 1. The van der Waals surface area contributed by atoms with E-state index in [1.54, 1.807) is 37.3 Å². The van der Waals surface area contributed by atoms with Crippen LogP contribution < -0.4 is 5.32 Å². The van der Waals surface area contributed by atoms with Gasteiger partial charge in [0.1, 0.15) is 5.54 Å². The maximum Gasteiger partial charge on any atom is 0.339 e. The summed E-state index contributed by atoms with van der Waals surface area (Å²) >= 11 is 0. The Balaban J connectivity index is 2.12. The number of rotatable bonds is 7. The topological polar surface area (TPSA) is 96.3 Å². The molecule has 29 heavy (non-hydrogen) atoms. The summed E-state index contributed by atoms with van der Waals surface area (Å²) in [4.78, 5) is 37.4. The molecule has 150 valence electrons. The quantitative estimate of drug-likeness (QED) is 0.575. The Morgan fingerprint density at radius 1 is 1.07 bits per heavy atom. The molecule has 0 saturated heterocycles. The van der Waals surface area contributed by atoms with E-state index in [0.29, 0.717) is 5.56 Å². The standard InChI is InChI=1S/C23H24N2O4/c1-15(2)23(4,14-24)25-20(26)13-29-22(28)19-8-6-5-7-18(19)21(27)17-11-9-16(3)10-12-17/h5-12,15H,13H2,1-4H3,(H,25,26)/t23-/m1/s1. The molecule has 0 aromatic heterocycles. The predicted octanol–water partition coefficient (Wildman–Crippen LogP) is 3.44. The van der Waals surface area contributed by atoms with E-state index in [1.807, 2.05) is 32.9 Å². The molecule has 0 bridgehead atoms. The van der Waals surface area contributed by atoms with Gasteiger partial charge in [0.15, 0.2) is 12.4 Å². The summed E-state index contributed by atoms with van der Waals surface area (Å²) in [5.74, 6) is -1.79. The number of hydrogen-bond acceptors (Lipinski definition) is 5. The van der Waals surface area contributed by atoms with Crippen LogP contribution in [-0.4, -0.2) is 29.8 Å². The lowest BCUT2D eigenvalue weighted by molar-refractivity contribution is -0.125. The molecule has 0 unspecified atom stereocenters. The molecular formula is C23H24N2O4. The molecule has 6 heteroatoms. The summed E-state index contributed by atoms with van der Waals surface area (Å²) in [5.41, 5.74) is 0.688. The zero-order chi connectivity index (χ0) is 21.6. The molecule has 0 aliphatic carbocycles. The lowest BCUT2D eigenvalue weighted by Gasteiger charge is -2.27. The number of aryl methyl sites for hydroxylation is 1. The van der Waals surface area contributed by atoms with Crippen LogP contribution in [0.2, 0.25) is 0 Å². The van der Waals surface area contributed by atoms with Crippen molar-refractivity contribution in [3.63, 3.8) is 0 Å². The molecule has 1 N–H and O–H groups in total. The van der Waals surface area contributed by atoms with E-state index in [9.17, 15) is 19.6 Å². The van der Waals surface area contributed by atoms with E-state index < -0.39 is 24.0 Å². The van der Waals surface area contributed by atoms with Gasteiger partial charge in [0.05, 0.1) is 11.6 Å². The van der Waals surface area contributed by atoms with Crippen LogP contribution in [0.5, 0.6) is 0 Å². The zero-order valence-electron chi connectivity index (χ0n) is 17.0. The second kappa shape index (κ2) is 9.16. The molecule has 6 nitrogen and oxygen atoms in total. The van der Waals surface area contributed by atoms with Crippen LogP contribution >= 0.6 is 0 Å². The van der Waals surface area contributed by atoms with Gasteiger partial charge in [-0.15, -0.1) is 0 Å². The first-order valence-corrected chi connectivity index (χ1v) is 9.27. The Bertz CT molecular complexity index is 958. The molecule has 0 radical (unpaired) electrons. The van der Waals surface area contributed by atoms with Crippen molar-refractivity contribution in [2.45, 2.75) is 33.2 Å². The Morgan fingerprint density at radius 3 is 2.21 bits per heavy atom. The van der Waals surface area contributed by atoms with Crippen molar-refractivity contribution in [1.29, 1.82) is 5.26 Å². The van der Waals surface area contributed by atoms with Gasteiger partial charge in [-0.2, -0.15) is 5.26 Å². The normalized spacial score (nSPS) is 12.6. The van der Waals surface area contributed by atoms with E-state index in [4.69, 9.17) is 4.74 Å². The maximum absolute atomic E-state index is 12.8. The summed E-state index contributed by atoms with van der Waals surface area (Å²) in [6.45, 7) is 6.59. The molecule has 0 aliphatic rings. The van der Waals surface area contributed by atoms with Crippen molar-refractivity contribution >= 4 is 17.7 Å². The van der Waals surface area contributed by atoms with E-state index in [2.05, 4.69) is 11.4 Å².